The van der Waals surface area contributed by atoms with E-state index in [-0.39, 0.29) is 23.7 Å². The number of carbonyl (C=O) groups is 2. The maximum absolute atomic E-state index is 12.7. The monoisotopic (exact) mass is 432 g/mol. The molecular weight excluding hydrogens is 416 g/mol. The van der Waals surface area contributed by atoms with Crippen LogP contribution in [0.3, 0.4) is 0 Å². The number of nitrogens with zero attached hydrogens (tertiary/aromatic N) is 1. The summed E-state index contributed by atoms with van der Waals surface area (Å²) in [5, 5.41) is 3.25. The standard InChI is InChI=1S/C19H17Cl2F3N2O2/c1-2-9-26(11-17(27)25-16-8-7-14(20)10-15(16)21)18(28)12-3-5-13(6-4-12)19(22,23)24/h3-8,10H,2,9,11H2,1H3,(H,25,27). The van der Waals surface area contributed by atoms with Gasteiger partial charge in [-0.05, 0) is 48.9 Å². The lowest BCUT2D eigenvalue weighted by atomic mass is 10.1. The van der Waals surface area contributed by atoms with Gasteiger partial charge in [-0.2, -0.15) is 13.2 Å². The molecule has 0 aromatic heterocycles. The molecule has 0 aliphatic rings. The van der Waals surface area contributed by atoms with Gasteiger partial charge in [0.25, 0.3) is 5.91 Å². The van der Waals surface area contributed by atoms with Crippen molar-refractivity contribution < 1.29 is 22.8 Å². The molecule has 0 aliphatic carbocycles. The van der Waals surface area contributed by atoms with Crippen molar-refractivity contribution in [2.45, 2.75) is 19.5 Å². The zero-order valence-corrected chi connectivity index (χ0v) is 16.3. The fraction of sp³-hybridized carbons (Fsp3) is 0.263. The lowest BCUT2D eigenvalue weighted by Crippen LogP contribution is -2.38. The number of benzene rings is 2. The first-order valence-electron chi connectivity index (χ1n) is 8.33. The first-order chi connectivity index (χ1) is 13.1. The maximum atomic E-state index is 12.7. The first kappa shape index (κ1) is 22.0. The van der Waals surface area contributed by atoms with Crippen LogP contribution >= 0.6 is 23.2 Å². The Morgan fingerprint density at radius 3 is 2.25 bits per heavy atom. The van der Waals surface area contributed by atoms with E-state index in [1.165, 1.54) is 17.0 Å². The van der Waals surface area contributed by atoms with Gasteiger partial charge in [0.1, 0.15) is 6.54 Å². The zero-order valence-electron chi connectivity index (χ0n) is 14.8. The van der Waals surface area contributed by atoms with E-state index in [2.05, 4.69) is 5.32 Å². The van der Waals surface area contributed by atoms with Crippen LogP contribution < -0.4 is 5.32 Å². The molecule has 2 amide bonds. The van der Waals surface area contributed by atoms with Gasteiger partial charge in [0.2, 0.25) is 5.91 Å². The molecule has 0 unspecified atom stereocenters. The largest absolute Gasteiger partial charge is 0.416 e. The Balaban J connectivity index is 2.11. The molecular formula is C19H17Cl2F3N2O2. The summed E-state index contributed by atoms with van der Waals surface area (Å²) in [5.41, 5.74) is -0.436. The van der Waals surface area contributed by atoms with Crippen LogP contribution in [0.1, 0.15) is 29.3 Å². The number of halogens is 5. The van der Waals surface area contributed by atoms with Gasteiger partial charge in [-0.15, -0.1) is 0 Å². The number of hydrogen-bond acceptors (Lipinski definition) is 2. The Kier molecular flexibility index (Phi) is 7.32. The molecule has 0 saturated carbocycles. The van der Waals surface area contributed by atoms with Crippen molar-refractivity contribution in [3.05, 3.63) is 63.6 Å². The topological polar surface area (TPSA) is 49.4 Å². The molecule has 9 heteroatoms. The van der Waals surface area contributed by atoms with E-state index in [4.69, 9.17) is 23.2 Å². The minimum Gasteiger partial charge on any atom is -0.329 e. The molecule has 0 atom stereocenters. The number of alkyl halides is 3. The highest BCUT2D eigenvalue weighted by Crippen LogP contribution is 2.29. The highest BCUT2D eigenvalue weighted by Gasteiger charge is 2.30. The van der Waals surface area contributed by atoms with Crippen LogP contribution in [0.4, 0.5) is 18.9 Å². The highest BCUT2D eigenvalue weighted by atomic mass is 35.5. The molecule has 0 spiro atoms. The van der Waals surface area contributed by atoms with E-state index in [9.17, 15) is 22.8 Å². The lowest BCUT2D eigenvalue weighted by molar-refractivity contribution is -0.137. The quantitative estimate of drug-likeness (QED) is 0.654. The van der Waals surface area contributed by atoms with Crippen LogP contribution in [0.15, 0.2) is 42.5 Å². The van der Waals surface area contributed by atoms with Crippen LogP contribution in [0.2, 0.25) is 10.0 Å². The van der Waals surface area contributed by atoms with Gasteiger partial charge in [-0.25, -0.2) is 0 Å². The predicted octanol–water partition coefficient (Wildman–Crippen LogP) is 5.50. The summed E-state index contributed by atoms with van der Waals surface area (Å²) in [6.07, 6.45) is -3.91. The Bertz CT molecular complexity index is 855. The van der Waals surface area contributed by atoms with Crippen LogP contribution in [0.5, 0.6) is 0 Å². The lowest BCUT2D eigenvalue weighted by Gasteiger charge is -2.22. The number of hydrogen-bond donors (Lipinski definition) is 1. The molecule has 28 heavy (non-hydrogen) atoms. The van der Waals surface area contributed by atoms with Gasteiger partial charge in [0.15, 0.2) is 0 Å². The van der Waals surface area contributed by atoms with Crippen molar-refractivity contribution >= 4 is 40.7 Å². The Morgan fingerprint density at radius 2 is 1.71 bits per heavy atom. The molecule has 2 aromatic rings. The van der Waals surface area contributed by atoms with Crippen LogP contribution in [0.25, 0.3) is 0 Å². The van der Waals surface area contributed by atoms with Crippen LogP contribution in [0, 0.1) is 0 Å². The number of anilines is 1. The Labute approximate surface area is 170 Å². The van der Waals surface area contributed by atoms with Gasteiger partial charge in [-0.3, -0.25) is 9.59 Å². The highest BCUT2D eigenvalue weighted by molar-refractivity contribution is 6.36. The first-order valence-corrected chi connectivity index (χ1v) is 9.09. The van der Waals surface area contributed by atoms with Gasteiger partial charge < -0.3 is 10.2 Å². The second kappa shape index (κ2) is 9.30. The van der Waals surface area contributed by atoms with Crippen molar-refractivity contribution in [2.24, 2.45) is 0 Å². The zero-order chi connectivity index (χ0) is 20.9. The molecule has 0 radical (unpaired) electrons. The van der Waals surface area contributed by atoms with E-state index in [0.717, 1.165) is 24.3 Å². The fourth-order valence-electron chi connectivity index (χ4n) is 2.46. The van der Waals surface area contributed by atoms with Gasteiger partial charge in [-0.1, -0.05) is 30.1 Å². The minimum absolute atomic E-state index is 0.0683. The van der Waals surface area contributed by atoms with Gasteiger partial charge >= 0.3 is 6.18 Å². The smallest absolute Gasteiger partial charge is 0.329 e. The van der Waals surface area contributed by atoms with E-state index in [1.807, 2.05) is 6.92 Å². The molecule has 2 aromatic carbocycles. The maximum Gasteiger partial charge on any atom is 0.416 e. The number of carbonyl (C=O) groups excluding carboxylic acids is 2. The van der Waals surface area contributed by atoms with E-state index < -0.39 is 23.6 Å². The van der Waals surface area contributed by atoms with Crippen molar-refractivity contribution in [3.8, 4) is 0 Å². The second-order valence-corrected chi connectivity index (χ2v) is 6.82. The van der Waals surface area contributed by atoms with Gasteiger partial charge in [0, 0.05) is 17.1 Å². The third-order valence-corrected chi connectivity index (χ3v) is 4.33. The molecule has 1 N–H and O–H groups in total. The molecule has 150 valence electrons. The van der Waals surface area contributed by atoms with Crippen molar-refractivity contribution in [1.29, 1.82) is 0 Å². The van der Waals surface area contributed by atoms with Crippen molar-refractivity contribution in [3.63, 3.8) is 0 Å². The Morgan fingerprint density at radius 1 is 1.07 bits per heavy atom. The summed E-state index contributed by atoms with van der Waals surface area (Å²) in [6, 6.07) is 8.43. The molecule has 0 bridgehead atoms. The van der Waals surface area contributed by atoms with Crippen molar-refractivity contribution in [2.75, 3.05) is 18.4 Å². The summed E-state index contributed by atoms with van der Waals surface area (Å²) in [4.78, 5) is 26.2. The van der Waals surface area contributed by atoms with Crippen molar-refractivity contribution in [1.82, 2.24) is 4.90 Å². The number of nitrogens with one attached hydrogen (secondary N) is 1. The third kappa shape index (κ3) is 5.87. The Hall–Kier alpha value is -2.25. The summed E-state index contributed by atoms with van der Waals surface area (Å²) >= 11 is 11.8. The van der Waals surface area contributed by atoms with Gasteiger partial charge in [0.05, 0.1) is 16.3 Å². The molecule has 2 rings (SSSR count). The average Bonchev–Trinajstić information content (AvgIpc) is 2.62. The normalized spacial score (nSPS) is 11.2. The summed E-state index contributed by atoms with van der Waals surface area (Å²) in [5.74, 6) is -1.02. The molecule has 4 nitrogen and oxygen atoms in total. The van der Waals surface area contributed by atoms with E-state index >= 15 is 0 Å². The SMILES string of the molecule is CCCN(CC(=O)Nc1ccc(Cl)cc1Cl)C(=O)c1ccc(C(F)(F)F)cc1. The molecule has 0 saturated heterocycles. The van der Waals surface area contributed by atoms with Crippen LogP contribution in [-0.4, -0.2) is 29.8 Å². The summed E-state index contributed by atoms with van der Waals surface area (Å²) in [7, 11) is 0. The van der Waals surface area contributed by atoms with Crippen LogP contribution in [-0.2, 0) is 11.0 Å². The average molecular weight is 433 g/mol. The minimum atomic E-state index is -4.48. The fourth-order valence-corrected chi connectivity index (χ4v) is 2.92. The second-order valence-electron chi connectivity index (χ2n) is 5.97. The summed E-state index contributed by atoms with van der Waals surface area (Å²) in [6.45, 7) is 1.81. The number of rotatable bonds is 6. The van der Waals surface area contributed by atoms with E-state index in [1.54, 1.807) is 6.07 Å². The molecule has 0 heterocycles. The predicted molar refractivity (Wildman–Crippen MR) is 103 cm³/mol. The molecule has 0 fully saturated rings. The molecule has 0 aliphatic heterocycles. The number of amides is 2. The summed E-state index contributed by atoms with van der Waals surface area (Å²) < 4.78 is 38.0. The third-order valence-electron chi connectivity index (χ3n) is 3.78. The van der Waals surface area contributed by atoms with E-state index in [0.29, 0.717) is 17.1 Å².